The summed E-state index contributed by atoms with van der Waals surface area (Å²) in [7, 11) is 0.622. The van der Waals surface area contributed by atoms with Gasteiger partial charge >= 0.3 is 23.3 Å². The van der Waals surface area contributed by atoms with Gasteiger partial charge in [0.2, 0.25) is 0 Å². The molecule has 0 aromatic heterocycles. The lowest BCUT2D eigenvalue weighted by atomic mass is 10.1. The SMILES string of the molecule is C=CC(=O)OCCC[Si](OCC)(OCC)OCC.CCCC1(OC)CCCC[Si]1(OC)OC. The fourth-order valence-electron chi connectivity index (χ4n) is 4.45. The quantitative estimate of drug-likeness (QED) is 0.127. The molecule has 0 spiro atoms. The molecule has 0 aromatic carbocycles. The maximum atomic E-state index is 10.9. The molecule has 0 aromatic rings. The highest BCUT2D eigenvalue weighted by Gasteiger charge is 2.58. The number of carbonyl (C=O) groups excluding carboxylic acids is 1. The van der Waals surface area contributed by atoms with E-state index < -0.39 is 23.3 Å². The maximum absolute atomic E-state index is 10.9. The van der Waals surface area contributed by atoms with Gasteiger partial charge in [0.15, 0.2) is 0 Å². The van der Waals surface area contributed by atoms with E-state index in [9.17, 15) is 4.79 Å². The van der Waals surface area contributed by atoms with Crippen molar-refractivity contribution in [1.29, 1.82) is 0 Å². The predicted octanol–water partition coefficient (Wildman–Crippen LogP) is 4.78. The lowest BCUT2D eigenvalue weighted by Gasteiger charge is -2.47. The third-order valence-corrected chi connectivity index (χ3v) is 13.4. The van der Waals surface area contributed by atoms with E-state index in [1.165, 1.54) is 12.8 Å². The van der Waals surface area contributed by atoms with E-state index in [1.807, 2.05) is 20.8 Å². The topological polar surface area (TPSA) is 81.7 Å². The lowest BCUT2D eigenvalue weighted by Crippen LogP contribution is -2.64. The first-order chi connectivity index (χ1) is 15.8. The van der Waals surface area contributed by atoms with Crippen LogP contribution in [0.2, 0.25) is 12.1 Å². The summed E-state index contributed by atoms with van der Waals surface area (Å²) < 4.78 is 39.3. The molecule has 0 saturated carbocycles. The summed E-state index contributed by atoms with van der Waals surface area (Å²) in [4.78, 5) is 10.9. The Balaban J connectivity index is 0.000000629. The molecule has 10 heteroatoms. The first-order valence-electron chi connectivity index (χ1n) is 12.2. The van der Waals surface area contributed by atoms with Crippen molar-refractivity contribution in [3.05, 3.63) is 12.7 Å². The minimum absolute atomic E-state index is 0.122. The van der Waals surface area contributed by atoms with Crippen molar-refractivity contribution in [2.75, 3.05) is 47.8 Å². The number of hydrogen-bond acceptors (Lipinski definition) is 8. The molecular weight excluding hydrogens is 460 g/mol. The highest BCUT2D eigenvalue weighted by Crippen LogP contribution is 2.42. The number of ether oxygens (including phenoxy) is 2. The summed E-state index contributed by atoms with van der Waals surface area (Å²) in [6, 6.07) is 1.71. The Morgan fingerprint density at radius 2 is 1.58 bits per heavy atom. The molecule has 1 unspecified atom stereocenters. The van der Waals surface area contributed by atoms with Gasteiger partial charge in [0.05, 0.1) is 6.61 Å². The van der Waals surface area contributed by atoms with Gasteiger partial charge in [0, 0.05) is 53.3 Å². The minimum atomic E-state index is -2.59. The van der Waals surface area contributed by atoms with E-state index in [0.29, 0.717) is 38.9 Å². The van der Waals surface area contributed by atoms with Gasteiger partial charge in [0.25, 0.3) is 0 Å². The second-order valence-electron chi connectivity index (χ2n) is 7.77. The molecule has 1 aliphatic heterocycles. The van der Waals surface area contributed by atoms with Crippen LogP contribution in [0.15, 0.2) is 12.7 Å². The number of esters is 1. The van der Waals surface area contributed by atoms with Crippen molar-refractivity contribution >= 4 is 23.3 Å². The molecule has 0 N–H and O–H groups in total. The fraction of sp³-hybridized carbons (Fsp3) is 0.870. The van der Waals surface area contributed by atoms with Crippen LogP contribution in [-0.4, -0.2) is 76.3 Å². The molecule has 1 aliphatic rings. The number of methoxy groups -OCH3 is 1. The molecule has 196 valence electrons. The van der Waals surface area contributed by atoms with E-state index in [2.05, 4.69) is 13.5 Å². The molecule has 0 bridgehead atoms. The van der Waals surface area contributed by atoms with Crippen LogP contribution in [0.5, 0.6) is 0 Å². The van der Waals surface area contributed by atoms with Crippen LogP contribution in [0.1, 0.15) is 66.2 Å². The van der Waals surface area contributed by atoms with E-state index in [0.717, 1.165) is 31.4 Å². The Kier molecular flexibility index (Phi) is 17.5. The van der Waals surface area contributed by atoms with Crippen LogP contribution in [0.4, 0.5) is 0 Å². The molecule has 1 saturated heterocycles. The minimum Gasteiger partial charge on any atom is -0.463 e. The molecule has 1 atom stereocenters. The Morgan fingerprint density at radius 1 is 1.00 bits per heavy atom. The van der Waals surface area contributed by atoms with Crippen molar-refractivity contribution in [2.45, 2.75) is 83.5 Å². The fourth-order valence-corrected chi connectivity index (χ4v) is 11.0. The second-order valence-corrected chi connectivity index (χ2v) is 14.2. The zero-order valence-electron chi connectivity index (χ0n) is 22.0. The van der Waals surface area contributed by atoms with E-state index in [4.69, 9.17) is 31.6 Å². The first-order valence-corrected chi connectivity index (χ1v) is 16.2. The van der Waals surface area contributed by atoms with Crippen molar-refractivity contribution in [3.63, 3.8) is 0 Å². The normalized spacial score (nSPS) is 20.0. The van der Waals surface area contributed by atoms with E-state index in [-0.39, 0.29) is 5.22 Å². The largest absolute Gasteiger partial charge is 0.501 e. The average molecular weight is 509 g/mol. The molecule has 8 nitrogen and oxygen atoms in total. The second kappa shape index (κ2) is 17.8. The Bertz CT molecular complexity index is 510. The molecule has 33 heavy (non-hydrogen) atoms. The molecule has 1 fully saturated rings. The molecule has 1 heterocycles. The molecule has 0 aliphatic carbocycles. The van der Waals surface area contributed by atoms with Crippen molar-refractivity contribution in [3.8, 4) is 0 Å². The van der Waals surface area contributed by atoms with Crippen molar-refractivity contribution < 1.29 is 36.4 Å². The van der Waals surface area contributed by atoms with Crippen LogP contribution in [0, 0.1) is 0 Å². The summed E-state index contributed by atoms with van der Waals surface area (Å²) in [5.41, 5.74) is 0. The van der Waals surface area contributed by atoms with Crippen LogP contribution in [0.3, 0.4) is 0 Å². The van der Waals surface area contributed by atoms with Gasteiger partial charge in [-0.05, 0) is 46.1 Å². The predicted molar refractivity (Wildman–Crippen MR) is 134 cm³/mol. The van der Waals surface area contributed by atoms with Crippen LogP contribution in [0.25, 0.3) is 0 Å². The van der Waals surface area contributed by atoms with Crippen LogP contribution in [-0.2, 0) is 36.4 Å². The number of rotatable bonds is 16. The van der Waals surface area contributed by atoms with Crippen LogP contribution >= 0.6 is 0 Å². The van der Waals surface area contributed by atoms with Gasteiger partial charge in [0.1, 0.15) is 5.22 Å². The third-order valence-electron chi connectivity index (χ3n) is 5.87. The van der Waals surface area contributed by atoms with Crippen LogP contribution < -0.4 is 0 Å². The highest BCUT2D eigenvalue weighted by atomic mass is 28.4. The average Bonchev–Trinajstić information content (AvgIpc) is 2.83. The molecular formula is C23H48O8Si2. The molecule has 1 rings (SSSR count). The summed E-state index contributed by atoms with van der Waals surface area (Å²) in [6.07, 6.45) is 7.51. The summed E-state index contributed by atoms with van der Waals surface area (Å²) in [5.74, 6) is -0.411. The van der Waals surface area contributed by atoms with Gasteiger partial charge < -0.3 is 31.6 Å². The van der Waals surface area contributed by atoms with Gasteiger partial charge in [-0.3, -0.25) is 0 Å². The lowest BCUT2D eigenvalue weighted by molar-refractivity contribution is -0.137. The van der Waals surface area contributed by atoms with Gasteiger partial charge in [-0.1, -0.05) is 32.8 Å². The molecule has 0 amide bonds. The smallest absolute Gasteiger partial charge is 0.463 e. The Morgan fingerprint density at radius 3 is 2.00 bits per heavy atom. The van der Waals surface area contributed by atoms with Gasteiger partial charge in [-0.2, -0.15) is 0 Å². The van der Waals surface area contributed by atoms with E-state index in [1.54, 1.807) is 21.3 Å². The van der Waals surface area contributed by atoms with Crippen molar-refractivity contribution in [2.24, 2.45) is 0 Å². The summed E-state index contributed by atoms with van der Waals surface area (Å²) in [5, 5.41) is -0.122. The third kappa shape index (κ3) is 9.89. The van der Waals surface area contributed by atoms with E-state index >= 15 is 0 Å². The Hall–Kier alpha value is -0.596. The Labute approximate surface area is 203 Å². The highest BCUT2D eigenvalue weighted by molar-refractivity contribution is 6.70. The monoisotopic (exact) mass is 508 g/mol. The number of hydrogen-bond donors (Lipinski definition) is 0. The van der Waals surface area contributed by atoms with Crippen molar-refractivity contribution in [1.82, 2.24) is 0 Å². The van der Waals surface area contributed by atoms with Gasteiger partial charge in [-0.25, -0.2) is 4.79 Å². The standard InChI is InChI=1S/C12H24O5Si.C11H24O3Si/c1-5-12(13)14-10-9-11-18(15-6-2,16-7-3)17-8-4;1-5-8-11(12-2)9-6-7-10-15(11,13-3)14-4/h5H,1,6-11H2,2-4H3;5-10H2,1-4H3. The first kappa shape index (κ1) is 32.4. The summed E-state index contributed by atoms with van der Waals surface area (Å²) in [6.45, 7) is 13.3. The summed E-state index contributed by atoms with van der Waals surface area (Å²) >= 11 is 0. The van der Waals surface area contributed by atoms with Gasteiger partial charge in [-0.15, -0.1) is 0 Å². The zero-order valence-corrected chi connectivity index (χ0v) is 24.0. The zero-order chi connectivity index (χ0) is 25.2. The number of carbonyl (C=O) groups is 1. The maximum Gasteiger partial charge on any atom is 0.501 e. The molecule has 0 radical (unpaired) electrons.